The number of aryl methyl sites for hydroxylation is 1. The average molecular weight is 280 g/mol. The summed E-state index contributed by atoms with van der Waals surface area (Å²) in [5, 5.41) is 1.59. The van der Waals surface area contributed by atoms with Crippen LogP contribution < -0.4 is 0 Å². The number of benzene rings is 1. The minimum Gasteiger partial charge on any atom is -0.294 e. The van der Waals surface area contributed by atoms with Crippen molar-refractivity contribution in [2.24, 2.45) is 0 Å². The van der Waals surface area contributed by atoms with Gasteiger partial charge in [0, 0.05) is 17.5 Å². The monoisotopic (exact) mass is 279 g/mol. The topological polar surface area (TPSA) is 30.0 Å². The molecule has 0 aliphatic carbocycles. The first kappa shape index (κ1) is 13.2. The van der Waals surface area contributed by atoms with E-state index in [1.54, 1.807) is 6.92 Å². The SMILES string of the molecule is CCCc1nc(-c2ccc(Cl)cc2)sc1C(C)=O. The Morgan fingerprint density at radius 3 is 2.56 bits per heavy atom. The zero-order valence-electron chi connectivity index (χ0n) is 10.4. The molecular formula is C14H14ClNOS. The molecular weight excluding hydrogens is 266 g/mol. The second-order valence-corrected chi connectivity index (χ2v) is 5.54. The van der Waals surface area contributed by atoms with E-state index < -0.39 is 0 Å². The van der Waals surface area contributed by atoms with E-state index in [4.69, 9.17) is 11.6 Å². The number of thiazole rings is 1. The molecule has 0 N–H and O–H groups in total. The van der Waals surface area contributed by atoms with Crippen molar-refractivity contribution in [3.8, 4) is 10.6 Å². The van der Waals surface area contributed by atoms with Crippen molar-refractivity contribution in [3.05, 3.63) is 39.9 Å². The number of nitrogens with zero attached hydrogens (tertiary/aromatic N) is 1. The summed E-state index contributed by atoms with van der Waals surface area (Å²) in [4.78, 5) is 16.9. The normalized spacial score (nSPS) is 10.6. The van der Waals surface area contributed by atoms with Gasteiger partial charge in [-0.25, -0.2) is 4.98 Å². The second kappa shape index (κ2) is 5.63. The number of carbonyl (C=O) groups is 1. The first-order valence-corrected chi connectivity index (χ1v) is 7.08. The van der Waals surface area contributed by atoms with Crippen molar-refractivity contribution in [1.29, 1.82) is 0 Å². The molecule has 2 rings (SSSR count). The molecule has 0 saturated heterocycles. The number of rotatable bonds is 4. The fraction of sp³-hybridized carbons (Fsp3) is 0.286. The van der Waals surface area contributed by atoms with E-state index in [1.807, 2.05) is 24.3 Å². The number of hydrogen-bond donors (Lipinski definition) is 0. The Kier molecular flexibility index (Phi) is 4.15. The highest BCUT2D eigenvalue weighted by atomic mass is 35.5. The van der Waals surface area contributed by atoms with Gasteiger partial charge in [-0.3, -0.25) is 4.79 Å². The molecule has 0 saturated carbocycles. The fourth-order valence-electron chi connectivity index (χ4n) is 1.75. The number of aromatic nitrogens is 1. The first-order chi connectivity index (χ1) is 8.61. The summed E-state index contributed by atoms with van der Waals surface area (Å²) < 4.78 is 0. The number of hydrogen-bond acceptors (Lipinski definition) is 3. The van der Waals surface area contributed by atoms with Crippen LogP contribution in [0.15, 0.2) is 24.3 Å². The molecule has 2 aromatic rings. The Hall–Kier alpha value is -1.19. The van der Waals surface area contributed by atoms with Crippen LogP contribution in [0, 0.1) is 0 Å². The van der Waals surface area contributed by atoms with E-state index in [0.29, 0.717) is 5.02 Å². The minimum atomic E-state index is 0.0937. The van der Waals surface area contributed by atoms with E-state index in [0.717, 1.165) is 34.0 Å². The molecule has 0 spiro atoms. The summed E-state index contributed by atoms with van der Waals surface area (Å²) in [6.07, 6.45) is 1.84. The quantitative estimate of drug-likeness (QED) is 0.765. The standard InChI is InChI=1S/C14H14ClNOS/c1-3-4-12-13(9(2)17)18-14(16-12)10-5-7-11(15)8-6-10/h5-8H,3-4H2,1-2H3. The Bertz CT molecular complexity index is 560. The van der Waals surface area contributed by atoms with Gasteiger partial charge < -0.3 is 0 Å². The van der Waals surface area contributed by atoms with Crippen LogP contribution >= 0.6 is 22.9 Å². The molecule has 0 aliphatic rings. The first-order valence-electron chi connectivity index (χ1n) is 5.88. The summed E-state index contributed by atoms with van der Waals surface area (Å²) in [6, 6.07) is 7.54. The zero-order valence-corrected chi connectivity index (χ0v) is 11.9. The van der Waals surface area contributed by atoms with Gasteiger partial charge in [0.25, 0.3) is 0 Å². The summed E-state index contributed by atoms with van der Waals surface area (Å²) in [6.45, 7) is 3.68. The molecule has 18 heavy (non-hydrogen) atoms. The summed E-state index contributed by atoms with van der Waals surface area (Å²) in [5.41, 5.74) is 1.93. The van der Waals surface area contributed by atoms with Crippen LogP contribution in [0.2, 0.25) is 5.02 Å². The molecule has 4 heteroatoms. The van der Waals surface area contributed by atoms with Crippen LogP contribution in [-0.2, 0) is 6.42 Å². The number of Topliss-reactive ketones (excluding diaryl/α,β-unsaturated/α-hetero) is 1. The number of halogens is 1. The average Bonchev–Trinajstić information content (AvgIpc) is 2.75. The zero-order chi connectivity index (χ0) is 13.1. The van der Waals surface area contributed by atoms with Gasteiger partial charge in [0.15, 0.2) is 5.78 Å². The predicted molar refractivity (Wildman–Crippen MR) is 76.6 cm³/mol. The van der Waals surface area contributed by atoms with Crippen LogP contribution in [0.5, 0.6) is 0 Å². The van der Waals surface area contributed by atoms with Gasteiger partial charge in [0.05, 0.1) is 10.6 Å². The van der Waals surface area contributed by atoms with Crippen LogP contribution in [-0.4, -0.2) is 10.8 Å². The van der Waals surface area contributed by atoms with Crippen molar-refractivity contribution >= 4 is 28.7 Å². The molecule has 1 aromatic carbocycles. The largest absolute Gasteiger partial charge is 0.294 e. The Balaban J connectivity index is 2.42. The molecule has 0 unspecified atom stereocenters. The highest BCUT2D eigenvalue weighted by Gasteiger charge is 2.15. The third-order valence-electron chi connectivity index (χ3n) is 2.60. The second-order valence-electron chi connectivity index (χ2n) is 4.11. The maximum Gasteiger partial charge on any atom is 0.171 e. The van der Waals surface area contributed by atoms with E-state index in [-0.39, 0.29) is 5.78 Å². The van der Waals surface area contributed by atoms with Crippen LogP contribution in [0.25, 0.3) is 10.6 Å². The molecule has 0 fully saturated rings. The molecule has 1 heterocycles. The van der Waals surface area contributed by atoms with Gasteiger partial charge in [-0.2, -0.15) is 0 Å². The summed E-state index contributed by atoms with van der Waals surface area (Å²) >= 11 is 7.33. The van der Waals surface area contributed by atoms with Gasteiger partial charge in [-0.15, -0.1) is 11.3 Å². The Morgan fingerprint density at radius 1 is 1.33 bits per heavy atom. The maximum absolute atomic E-state index is 11.6. The molecule has 1 aromatic heterocycles. The summed E-state index contributed by atoms with van der Waals surface area (Å²) in [5.74, 6) is 0.0937. The number of ketones is 1. The molecule has 2 nitrogen and oxygen atoms in total. The highest BCUT2D eigenvalue weighted by molar-refractivity contribution is 7.17. The Morgan fingerprint density at radius 2 is 2.00 bits per heavy atom. The number of carbonyl (C=O) groups excluding carboxylic acids is 1. The predicted octanol–water partition coefficient (Wildman–Crippen LogP) is 4.62. The van der Waals surface area contributed by atoms with Gasteiger partial charge in [0.2, 0.25) is 0 Å². The maximum atomic E-state index is 11.6. The molecule has 0 aliphatic heterocycles. The van der Waals surface area contributed by atoms with E-state index >= 15 is 0 Å². The third-order valence-corrected chi connectivity index (χ3v) is 4.09. The lowest BCUT2D eigenvalue weighted by Crippen LogP contribution is -1.95. The Labute approximate surface area is 116 Å². The lowest BCUT2D eigenvalue weighted by Gasteiger charge is -1.95. The van der Waals surface area contributed by atoms with Crippen molar-refractivity contribution in [3.63, 3.8) is 0 Å². The third kappa shape index (κ3) is 2.79. The molecule has 0 amide bonds. The van der Waals surface area contributed by atoms with Crippen LogP contribution in [0.1, 0.15) is 35.6 Å². The van der Waals surface area contributed by atoms with Crippen LogP contribution in [0.4, 0.5) is 0 Å². The van der Waals surface area contributed by atoms with Crippen molar-refractivity contribution in [1.82, 2.24) is 4.98 Å². The van der Waals surface area contributed by atoms with Gasteiger partial charge in [-0.1, -0.05) is 37.1 Å². The smallest absolute Gasteiger partial charge is 0.171 e. The van der Waals surface area contributed by atoms with Crippen molar-refractivity contribution in [2.45, 2.75) is 26.7 Å². The van der Waals surface area contributed by atoms with Crippen LogP contribution in [0.3, 0.4) is 0 Å². The fourth-order valence-corrected chi connectivity index (χ4v) is 2.89. The lowest BCUT2D eigenvalue weighted by atomic mass is 10.2. The van der Waals surface area contributed by atoms with Gasteiger partial charge in [0.1, 0.15) is 5.01 Å². The molecule has 0 bridgehead atoms. The molecule has 94 valence electrons. The van der Waals surface area contributed by atoms with Crippen molar-refractivity contribution < 1.29 is 4.79 Å². The highest BCUT2D eigenvalue weighted by Crippen LogP contribution is 2.29. The molecule has 0 atom stereocenters. The van der Waals surface area contributed by atoms with Crippen molar-refractivity contribution in [2.75, 3.05) is 0 Å². The van der Waals surface area contributed by atoms with E-state index in [2.05, 4.69) is 11.9 Å². The lowest BCUT2D eigenvalue weighted by molar-refractivity contribution is 0.102. The van der Waals surface area contributed by atoms with Gasteiger partial charge in [-0.05, 0) is 18.6 Å². The molecule has 0 radical (unpaired) electrons. The van der Waals surface area contributed by atoms with Gasteiger partial charge >= 0.3 is 0 Å². The van der Waals surface area contributed by atoms with E-state index in [1.165, 1.54) is 11.3 Å². The summed E-state index contributed by atoms with van der Waals surface area (Å²) in [7, 11) is 0. The van der Waals surface area contributed by atoms with E-state index in [9.17, 15) is 4.79 Å². The minimum absolute atomic E-state index is 0.0937.